The molecule has 2 aliphatic heterocycles. The maximum atomic E-state index is 14.7. The summed E-state index contributed by atoms with van der Waals surface area (Å²) in [5.41, 5.74) is 0.0881. The van der Waals surface area contributed by atoms with Crippen molar-refractivity contribution in [1.29, 1.82) is 0 Å². The lowest BCUT2D eigenvalue weighted by molar-refractivity contribution is -0.193. The van der Waals surface area contributed by atoms with Gasteiger partial charge in [0.2, 0.25) is 0 Å². The predicted molar refractivity (Wildman–Crippen MR) is 110 cm³/mol. The third kappa shape index (κ3) is 8.17. The molecule has 3 aliphatic rings. The van der Waals surface area contributed by atoms with Crippen LogP contribution in [-0.2, 0) is 9.59 Å². The van der Waals surface area contributed by atoms with E-state index in [4.69, 9.17) is 19.8 Å². The normalized spacial score (nSPS) is 23.8. The van der Waals surface area contributed by atoms with Crippen LogP contribution in [0.25, 0.3) is 0 Å². The summed E-state index contributed by atoms with van der Waals surface area (Å²) in [7, 11) is 0. The van der Waals surface area contributed by atoms with Crippen molar-refractivity contribution >= 4 is 17.6 Å². The number of pyridine rings is 1. The first kappa shape index (κ1) is 29.5. The molecule has 3 heterocycles. The average Bonchev–Trinajstić information content (AvgIpc) is 3.47. The van der Waals surface area contributed by atoms with Crippen molar-refractivity contribution in [1.82, 2.24) is 9.88 Å². The van der Waals surface area contributed by atoms with Crippen LogP contribution in [0.15, 0.2) is 24.5 Å². The van der Waals surface area contributed by atoms with Crippen LogP contribution in [0.2, 0.25) is 0 Å². The van der Waals surface area contributed by atoms with Gasteiger partial charge in [-0.15, -0.1) is 0 Å². The Morgan fingerprint density at radius 2 is 1.53 bits per heavy atom. The van der Waals surface area contributed by atoms with Gasteiger partial charge in [0.1, 0.15) is 0 Å². The first-order valence-electron chi connectivity index (χ1n) is 10.8. The summed E-state index contributed by atoms with van der Waals surface area (Å²) >= 11 is 0. The van der Waals surface area contributed by atoms with Crippen molar-refractivity contribution in [3.8, 4) is 0 Å². The number of aliphatic carboxylic acids is 2. The number of aromatic nitrogens is 1. The molecule has 1 saturated carbocycles. The number of likely N-dealkylation sites (tertiary alicyclic amines) is 1. The third-order valence-corrected chi connectivity index (χ3v) is 6.11. The van der Waals surface area contributed by atoms with Gasteiger partial charge in [-0.3, -0.25) is 4.98 Å². The van der Waals surface area contributed by atoms with E-state index in [-0.39, 0.29) is 6.42 Å². The summed E-state index contributed by atoms with van der Waals surface area (Å²) in [5.74, 6) is -7.30. The zero-order chi connectivity index (χ0) is 27.4. The fraction of sp³-hybridized carbons (Fsp3) is 0.667. The van der Waals surface area contributed by atoms with E-state index in [9.17, 15) is 35.1 Å². The minimum atomic E-state index is -5.08. The fourth-order valence-electron chi connectivity index (χ4n) is 4.07. The second kappa shape index (κ2) is 11.1. The van der Waals surface area contributed by atoms with Gasteiger partial charge in [-0.2, -0.15) is 26.3 Å². The standard InChI is InChI=1S/C17H23F2N3.2C2HF3O2/c18-17(19)6-8-21(11-14-3-4-14)12-16(17)5-9-22(13-16)15-2-1-7-20-10-15;2*3-2(4,5)1(6)7/h1-2,7,10,14H,3-6,8-9,11-13H2;2*(H,6,7). The van der Waals surface area contributed by atoms with Crippen molar-refractivity contribution in [3.63, 3.8) is 0 Å². The number of carboxylic acid groups (broad SMARTS) is 2. The van der Waals surface area contributed by atoms with E-state index in [1.165, 1.54) is 12.8 Å². The molecule has 2 N–H and O–H groups in total. The van der Waals surface area contributed by atoms with Crippen molar-refractivity contribution in [3.05, 3.63) is 24.5 Å². The Morgan fingerprint density at radius 1 is 0.972 bits per heavy atom. The number of hydrogen-bond donors (Lipinski definition) is 2. The Labute approximate surface area is 200 Å². The van der Waals surface area contributed by atoms with E-state index in [0.29, 0.717) is 32.6 Å². The molecule has 0 amide bonds. The van der Waals surface area contributed by atoms with Crippen LogP contribution in [0.4, 0.5) is 40.8 Å². The van der Waals surface area contributed by atoms with Gasteiger partial charge in [-0.25, -0.2) is 18.4 Å². The summed E-state index contributed by atoms with van der Waals surface area (Å²) in [6.45, 7) is 3.28. The molecule has 204 valence electrons. The van der Waals surface area contributed by atoms with Crippen molar-refractivity contribution in [2.45, 2.75) is 44.0 Å². The second-order valence-electron chi connectivity index (χ2n) is 8.90. The zero-order valence-corrected chi connectivity index (χ0v) is 18.8. The Hall–Kier alpha value is -2.71. The number of rotatable bonds is 3. The minimum Gasteiger partial charge on any atom is -0.475 e. The van der Waals surface area contributed by atoms with E-state index >= 15 is 0 Å². The SMILES string of the molecule is FC1(F)CCN(CC2CC2)CC12CCN(c1cccnc1)C2.O=C(O)C(F)(F)F.O=C(O)C(F)(F)F. The van der Waals surface area contributed by atoms with Gasteiger partial charge in [0.25, 0.3) is 5.92 Å². The van der Waals surface area contributed by atoms with Gasteiger partial charge in [-0.05, 0) is 37.3 Å². The van der Waals surface area contributed by atoms with Gasteiger partial charge in [0.15, 0.2) is 0 Å². The summed E-state index contributed by atoms with van der Waals surface area (Å²) in [6, 6.07) is 3.84. The Bertz CT molecular complexity index is 869. The molecule has 0 bridgehead atoms. The Balaban J connectivity index is 0.000000271. The first-order valence-corrected chi connectivity index (χ1v) is 10.8. The molecule has 15 heteroatoms. The summed E-state index contributed by atoms with van der Waals surface area (Å²) in [5, 5.41) is 14.2. The van der Waals surface area contributed by atoms with Crippen molar-refractivity contribution < 1.29 is 54.9 Å². The van der Waals surface area contributed by atoms with Crippen LogP contribution in [-0.4, -0.2) is 83.0 Å². The van der Waals surface area contributed by atoms with Crippen LogP contribution >= 0.6 is 0 Å². The molecule has 1 aliphatic carbocycles. The van der Waals surface area contributed by atoms with E-state index in [0.717, 1.165) is 18.2 Å². The van der Waals surface area contributed by atoms with Crippen LogP contribution < -0.4 is 4.90 Å². The van der Waals surface area contributed by atoms with E-state index < -0.39 is 35.6 Å². The summed E-state index contributed by atoms with van der Waals surface area (Å²) in [6.07, 6.45) is -3.51. The molecule has 2 saturated heterocycles. The lowest BCUT2D eigenvalue weighted by atomic mass is 9.75. The van der Waals surface area contributed by atoms with E-state index in [2.05, 4.69) is 14.8 Å². The molecule has 1 spiro atoms. The summed E-state index contributed by atoms with van der Waals surface area (Å²) < 4.78 is 92.9. The number of alkyl halides is 8. The smallest absolute Gasteiger partial charge is 0.475 e. The topological polar surface area (TPSA) is 94.0 Å². The van der Waals surface area contributed by atoms with Crippen LogP contribution in [0.5, 0.6) is 0 Å². The van der Waals surface area contributed by atoms with Gasteiger partial charge in [-0.1, -0.05) is 0 Å². The fourth-order valence-corrected chi connectivity index (χ4v) is 4.07. The first-order chi connectivity index (χ1) is 16.5. The van der Waals surface area contributed by atoms with Gasteiger partial charge < -0.3 is 20.0 Å². The maximum Gasteiger partial charge on any atom is 0.490 e. The molecule has 0 radical (unpaired) electrons. The number of anilines is 1. The summed E-state index contributed by atoms with van der Waals surface area (Å²) in [4.78, 5) is 26.3. The Morgan fingerprint density at radius 3 is 1.97 bits per heavy atom. The van der Waals surface area contributed by atoms with E-state index in [1.807, 2.05) is 12.1 Å². The number of carbonyl (C=O) groups is 2. The Kier molecular flexibility index (Phi) is 9.13. The van der Waals surface area contributed by atoms with Crippen molar-refractivity contribution in [2.24, 2.45) is 11.3 Å². The molecule has 7 nitrogen and oxygen atoms in total. The monoisotopic (exact) mass is 535 g/mol. The molecule has 36 heavy (non-hydrogen) atoms. The minimum absolute atomic E-state index is 0.0145. The number of hydrogen-bond acceptors (Lipinski definition) is 5. The van der Waals surface area contributed by atoms with Crippen molar-refractivity contribution in [2.75, 3.05) is 37.6 Å². The van der Waals surface area contributed by atoms with E-state index in [1.54, 1.807) is 12.4 Å². The third-order valence-electron chi connectivity index (χ3n) is 6.11. The number of halogens is 8. The molecule has 3 fully saturated rings. The lowest BCUT2D eigenvalue weighted by Crippen LogP contribution is -2.57. The molecule has 1 atom stereocenters. The highest BCUT2D eigenvalue weighted by molar-refractivity contribution is 5.73. The zero-order valence-electron chi connectivity index (χ0n) is 18.8. The number of piperidine rings is 1. The average molecular weight is 535 g/mol. The number of carboxylic acids is 2. The molecule has 1 unspecified atom stereocenters. The van der Waals surface area contributed by atoms with Gasteiger partial charge in [0.05, 0.1) is 17.3 Å². The van der Waals surface area contributed by atoms with Gasteiger partial charge in [0, 0.05) is 45.3 Å². The highest BCUT2D eigenvalue weighted by atomic mass is 19.4. The highest BCUT2D eigenvalue weighted by Gasteiger charge is 2.59. The quantitative estimate of drug-likeness (QED) is 0.558. The molecule has 4 rings (SSSR count). The molecule has 0 aromatic carbocycles. The lowest BCUT2D eigenvalue weighted by Gasteiger charge is -2.46. The molecule has 1 aromatic heterocycles. The maximum absolute atomic E-state index is 14.7. The second-order valence-corrected chi connectivity index (χ2v) is 8.90. The molecular formula is C21H25F8N3O4. The predicted octanol–water partition coefficient (Wildman–Crippen LogP) is 4.30. The highest BCUT2D eigenvalue weighted by Crippen LogP contribution is 2.50. The number of nitrogens with zero attached hydrogens (tertiary/aromatic N) is 3. The largest absolute Gasteiger partial charge is 0.490 e. The van der Waals surface area contributed by atoms with Crippen LogP contribution in [0, 0.1) is 11.3 Å². The van der Waals surface area contributed by atoms with Crippen LogP contribution in [0.1, 0.15) is 25.7 Å². The molecular weight excluding hydrogens is 510 g/mol. The van der Waals surface area contributed by atoms with Crippen LogP contribution in [0.3, 0.4) is 0 Å². The van der Waals surface area contributed by atoms with Gasteiger partial charge >= 0.3 is 24.3 Å². The molecule has 1 aromatic rings.